The summed E-state index contributed by atoms with van der Waals surface area (Å²) in [6, 6.07) is 7.76. The molecule has 1 aromatic carbocycles. The molecule has 0 unspecified atom stereocenters. The molecular weight excluding hydrogens is 238 g/mol. The number of allylic oxidation sites excluding steroid dienone is 2. The van der Waals surface area contributed by atoms with Gasteiger partial charge in [-0.05, 0) is 49.9 Å². The lowest BCUT2D eigenvalue weighted by molar-refractivity contribution is -0.125. The van der Waals surface area contributed by atoms with Crippen LogP contribution in [0.1, 0.15) is 25.7 Å². The Morgan fingerprint density at radius 3 is 2.58 bits per heavy atom. The minimum Gasteiger partial charge on any atom is -0.497 e. The number of hydrogen-bond acceptors (Lipinski definition) is 2. The largest absolute Gasteiger partial charge is 0.497 e. The first kappa shape index (κ1) is 12.3. The zero-order chi connectivity index (χ0) is 13.3. The maximum absolute atomic E-state index is 12.7. The molecule has 1 heterocycles. The van der Waals surface area contributed by atoms with E-state index in [4.69, 9.17) is 4.74 Å². The van der Waals surface area contributed by atoms with Crippen molar-refractivity contribution in [2.75, 3.05) is 18.6 Å². The number of ether oxygens (including phenoxy) is 1. The van der Waals surface area contributed by atoms with Crippen LogP contribution in [0.15, 0.2) is 36.4 Å². The fraction of sp³-hybridized carbons (Fsp3) is 0.438. The molecule has 1 aliphatic carbocycles. The number of carbonyl (C=O) groups is 1. The summed E-state index contributed by atoms with van der Waals surface area (Å²) in [6.45, 7) is 0.832. The van der Waals surface area contributed by atoms with Crippen molar-refractivity contribution in [2.45, 2.75) is 25.7 Å². The third-order valence-electron chi connectivity index (χ3n) is 4.36. The lowest BCUT2D eigenvalue weighted by Gasteiger charge is -2.28. The average molecular weight is 257 g/mol. The molecule has 1 spiro atoms. The molecule has 1 amide bonds. The highest BCUT2D eigenvalue weighted by molar-refractivity contribution is 6.00. The van der Waals surface area contributed by atoms with Crippen LogP contribution in [-0.2, 0) is 4.79 Å². The van der Waals surface area contributed by atoms with Gasteiger partial charge in [-0.15, -0.1) is 0 Å². The first-order valence-corrected chi connectivity index (χ1v) is 6.86. The lowest BCUT2D eigenvalue weighted by Crippen LogP contribution is -2.35. The van der Waals surface area contributed by atoms with Crippen molar-refractivity contribution in [3.8, 4) is 5.75 Å². The van der Waals surface area contributed by atoms with Gasteiger partial charge in [-0.2, -0.15) is 0 Å². The van der Waals surface area contributed by atoms with E-state index >= 15 is 0 Å². The molecule has 3 heteroatoms. The van der Waals surface area contributed by atoms with Crippen molar-refractivity contribution in [1.29, 1.82) is 0 Å². The van der Waals surface area contributed by atoms with E-state index in [0.29, 0.717) is 5.91 Å². The Labute approximate surface area is 113 Å². The molecule has 0 N–H and O–H groups in total. The molecule has 1 saturated heterocycles. The van der Waals surface area contributed by atoms with Crippen LogP contribution in [0.4, 0.5) is 5.69 Å². The molecule has 1 aliphatic heterocycles. The highest BCUT2D eigenvalue weighted by atomic mass is 16.5. The van der Waals surface area contributed by atoms with Gasteiger partial charge in [0.25, 0.3) is 0 Å². The Hall–Kier alpha value is -1.77. The predicted molar refractivity (Wildman–Crippen MR) is 75.4 cm³/mol. The van der Waals surface area contributed by atoms with Gasteiger partial charge in [-0.3, -0.25) is 4.79 Å². The molecule has 100 valence electrons. The second-order valence-electron chi connectivity index (χ2n) is 5.40. The van der Waals surface area contributed by atoms with Crippen LogP contribution in [0.5, 0.6) is 5.75 Å². The summed E-state index contributed by atoms with van der Waals surface area (Å²) >= 11 is 0. The molecule has 0 aromatic heterocycles. The first-order valence-electron chi connectivity index (χ1n) is 6.86. The molecule has 3 rings (SSSR count). The Morgan fingerprint density at radius 1 is 1.16 bits per heavy atom. The summed E-state index contributed by atoms with van der Waals surface area (Å²) in [7, 11) is 1.65. The summed E-state index contributed by atoms with van der Waals surface area (Å²) in [4.78, 5) is 14.6. The van der Waals surface area contributed by atoms with Gasteiger partial charge in [0.05, 0.1) is 12.5 Å². The van der Waals surface area contributed by atoms with Crippen LogP contribution in [0, 0.1) is 5.41 Å². The van der Waals surface area contributed by atoms with Gasteiger partial charge in [0.1, 0.15) is 5.75 Å². The SMILES string of the molecule is COc1ccc(N2CC[C@@]3(CC=CCC3)C2=O)cc1. The number of nitrogens with zero attached hydrogens (tertiary/aromatic N) is 1. The van der Waals surface area contributed by atoms with E-state index in [1.807, 2.05) is 29.2 Å². The van der Waals surface area contributed by atoms with Crippen LogP contribution in [-0.4, -0.2) is 19.6 Å². The van der Waals surface area contributed by atoms with E-state index in [9.17, 15) is 4.79 Å². The minimum atomic E-state index is -0.130. The van der Waals surface area contributed by atoms with E-state index in [2.05, 4.69) is 12.2 Å². The normalized spacial score (nSPS) is 26.2. The van der Waals surface area contributed by atoms with Gasteiger partial charge in [0.15, 0.2) is 0 Å². The van der Waals surface area contributed by atoms with Gasteiger partial charge in [-0.25, -0.2) is 0 Å². The Bertz CT molecular complexity index is 506. The van der Waals surface area contributed by atoms with Gasteiger partial charge in [-0.1, -0.05) is 12.2 Å². The number of carbonyl (C=O) groups excluding carboxylic acids is 1. The van der Waals surface area contributed by atoms with Crippen molar-refractivity contribution in [3.05, 3.63) is 36.4 Å². The third kappa shape index (κ3) is 2.03. The average Bonchev–Trinajstić information content (AvgIpc) is 2.77. The Morgan fingerprint density at radius 2 is 1.95 bits per heavy atom. The van der Waals surface area contributed by atoms with Crippen molar-refractivity contribution in [3.63, 3.8) is 0 Å². The summed E-state index contributed by atoms with van der Waals surface area (Å²) in [6.07, 6.45) is 8.26. The Kier molecular flexibility index (Phi) is 3.05. The maximum atomic E-state index is 12.7. The molecule has 1 fully saturated rings. The molecular formula is C16H19NO2. The smallest absolute Gasteiger partial charge is 0.233 e. The van der Waals surface area contributed by atoms with E-state index < -0.39 is 0 Å². The monoisotopic (exact) mass is 257 g/mol. The molecule has 1 atom stereocenters. The number of rotatable bonds is 2. The number of anilines is 1. The van der Waals surface area contributed by atoms with Crippen LogP contribution >= 0.6 is 0 Å². The van der Waals surface area contributed by atoms with Crippen molar-refractivity contribution in [1.82, 2.24) is 0 Å². The van der Waals surface area contributed by atoms with Crippen LogP contribution < -0.4 is 9.64 Å². The molecule has 0 radical (unpaired) electrons. The van der Waals surface area contributed by atoms with Crippen LogP contribution in [0.2, 0.25) is 0 Å². The summed E-state index contributed by atoms with van der Waals surface area (Å²) in [5.41, 5.74) is 0.853. The summed E-state index contributed by atoms with van der Waals surface area (Å²) in [5, 5.41) is 0. The van der Waals surface area contributed by atoms with Gasteiger partial charge >= 0.3 is 0 Å². The predicted octanol–water partition coefficient (Wildman–Crippen LogP) is 3.16. The zero-order valence-electron chi connectivity index (χ0n) is 11.3. The number of methoxy groups -OCH3 is 1. The second kappa shape index (κ2) is 4.72. The zero-order valence-corrected chi connectivity index (χ0v) is 11.3. The van der Waals surface area contributed by atoms with Crippen molar-refractivity contribution >= 4 is 11.6 Å². The first-order chi connectivity index (χ1) is 9.25. The topological polar surface area (TPSA) is 29.5 Å². The van der Waals surface area contributed by atoms with E-state index in [0.717, 1.165) is 43.7 Å². The summed E-state index contributed by atoms with van der Waals surface area (Å²) in [5.74, 6) is 1.12. The molecule has 0 saturated carbocycles. The van der Waals surface area contributed by atoms with Gasteiger partial charge in [0, 0.05) is 12.2 Å². The molecule has 1 aromatic rings. The minimum absolute atomic E-state index is 0.130. The van der Waals surface area contributed by atoms with E-state index in [1.165, 1.54) is 0 Å². The summed E-state index contributed by atoms with van der Waals surface area (Å²) < 4.78 is 5.16. The number of amides is 1. The van der Waals surface area contributed by atoms with E-state index in [-0.39, 0.29) is 5.41 Å². The molecule has 19 heavy (non-hydrogen) atoms. The highest BCUT2D eigenvalue weighted by Gasteiger charge is 2.46. The van der Waals surface area contributed by atoms with Gasteiger partial charge < -0.3 is 9.64 Å². The fourth-order valence-electron chi connectivity index (χ4n) is 3.14. The molecule has 3 nitrogen and oxygen atoms in total. The number of hydrogen-bond donors (Lipinski definition) is 0. The van der Waals surface area contributed by atoms with Crippen LogP contribution in [0.25, 0.3) is 0 Å². The quantitative estimate of drug-likeness (QED) is 0.762. The number of benzene rings is 1. The maximum Gasteiger partial charge on any atom is 0.233 e. The van der Waals surface area contributed by atoms with Crippen molar-refractivity contribution < 1.29 is 9.53 Å². The van der Waals surface area contributed by atoms with E-state index in [1.54, 1.807) is 7.11 Å². The standard InChI is InChI=1S/C16H19NO2/c1-19-14-7-5-13(6-8-14)17-12-11-16(15(17)18)9-3-2-4-10-16/h2-3,5-8H,4,9-12H2,1H3/t16-/m0/s1. The second-order valence-corrected chi connectivity index (χ2v) is 5.40. The Balaban J connectivity index is 1.83. The van der Waals surface area contributed by atoms with Gasteiger partial charge in [0.2, 0.25) is 5.91 Å². The van der Waals surface area contributed by atoms with Crippen molar-refractivity contribution in [2.24, 2.45) is 5.41 Å². The lowest BCUT2D eigenvalue weighted by atomic mass is 9.76. The fourth-order valence-corrected chi connectivity index (χ4v) is 3.14. The highest BCUT2D eigenvalue weighted by Crippen LogP contribution is 2.43. The molecule has 2 aliphatic rings. The third-order valence-corrected chi connectivity index (χ3v) is 4.36. The molecule has 0 bridgehead atoms. The van der Waals surface area contributed by atoms with Crippen LogP contribution in [0.3, 0.4) is 0 Å².